The van der Waals surface area contributed by atoms with Crippen LogP contribution in [0.5, 0.6) is 0 Å². The molecule has 18 heteroatoms. The normalized spacial score (nSPS) is 21.6. The molecule has 2 aromatic heterocycles. The van der Waals surface area contributed by atoms with Crippen molar-refractivity contribution < 1.29 is 24.2 Å². The minimum Gasteiger partial charge on any atom is -0.446 e. The van der Waals surface area contributed by atoms with Gasteiger partial charge in [0.1, 0.15) is 17.7 Å². The number of aliphatic hydroxyl groups is 1. The van der Waals surface area contributed by atoms with Crippen LogP contribution in [-0.2, 0) is 17.8 Å². The highest BCUT2D eigenvalue weighted by Gasteiger charge is 2.30. The lowest BCUT2D eigenvalue weighted by Gasteiger charge is -2.30. The van der Waals surface area contributed by atoms with Gasteiger partial charge in [0.25, 0.3) is 0 Å². The first-order valence-corrected chi connectivity index (χ1v) is 19.4. The van der Waals surface area contributed by atoms with Gasteiger partial charge in [-0.25, -0.2) is 24.4 Å². The van der Waals surface area contributed by atoms with Crippen molar-refractivity contribution in [2.24, 2.45) is 0 Å². The fraction of sp³-hybridized carbons (Fsp3) is 0.395. The molecule has 0 spiro atoms. The number of aliphatic hydroxyl groups excluding tert-OH is 1. The number of nitrogens with one attached hydrogen (secondary N) is 5. The van der Waals surface area contributed by atoms with Crippen LogP contribution in [0.3, 0.4) is 0 Å². The molecule has 6 N–H and O–H groups in total. The number of alkyl carbamates (subject to hydrolysis) is 1. The van der Waals surface area contributed by atoms with E-state index in [1.54, 1.807) is 53.5 Å². The van der Waals surface area contributed by atoms with E-state index in [0.29, 0.717) is 58.0 Å². The van der Waals surface area contributed by atoms with Gasteiger partial charge in [0.05, 0.1) is 40.6 Å². The van der Waals surface area contributed by atoms with Crippen LogP contribution in [-0.4, -0.2) is 74.5 Å². The molecular formula is C38H43Cl2N11O5. The topological polar surface area (TPSA) is 199 Å². The summed E-state index contributed by atoms with van der Waals surface area (Å²) in [5.74, 6) is 1.98. The Morgan fingerprint density at radius 2 is 1.18 bits per heavy atom. The molecule has 0 atom stereocenters. The Balaban J connectivity index is 0.000000173. The third-order valence-electron chi connectivity index (χ3n) is 10.1. The van der Waals surface area contributed by atoms with E-state index in [9.17, 15) is 19.5 Å². The summed E-state index contributed by atoms with van der Waals surface area (Å²) >= 11 is 12.4. The smallest absolute Gasteiger partial charge is 0.407 e. The van der Waals surface area contributed by atoms with Crippen LogP contribution in [0, 0.1) is 0 Å². The lowest BCUT2D eigenvalue weighted by molar-refractivity contribution is 0.0746. The predicted octanol–water partition coefficient (Wildman–Crippen LogP) is 7.16. The number of rotatable bonds is 7. The van der Waals surface area contributed by atoms with Crippen LogP contribution in [0.1, 0.15) is 62.5 Å². The van der Waals surface area contributed by atoms with Crippen molar-refractivity contribution in [1.29, 1.82) is 0 Å². The van der Waals surface area contributed by atoms with E-state index in [2.05, 4.69) is 46.5 Å². The third-order valence-corrected chi connectivity index (χ3v) is 10.8. The number of fused-ring (bicyclic) bond motifs is 2. The molecule has 2 fully saturated rings. The third kappa shape index (κ3) is 9.32. The van der Waals surface area contributed by atoms with Crippen LogP contribution >= 0.6 is 23.2 Å². The average molecular weight is 805 g/mol. The molecule has 0 radical (unpaired) electrons. The molecule has 0 bridgehead atoms. The summed E-state index contributed by atoms with van der Waals surface area (Å²) in [5.41, 5.74) is 2.93. The monoisotopic (exact) mass is 803 g/mol. The van der Waals surface area contributed by atoms with Crippen molar-refractivity contribution in [2.45, 2.75) is 88.7 Å². The van der Waals surface area contributed by atoms with Crippen LogP contribution in [0.2, 0.25) is 10.0 Å². The van der Waals surface area contributed by atoms with Crippen molar-refractivity contribution in [2.75, 3.05) is 38.1 Å². The maximum absolute atomic E-state index is 12.6. The van der Waals surface area contributed by atoms with Crippen LogP contribution < -0.4 is 36.4 Å². The summed E-state index contributed by atoms with van der Waals surface area (Å²) in [5, 5.41) is 25.4. The molecule has 0 saturated heterocycles. The predicted molar refractivity (Wildman–Crippen MR) is 214 cm³/mol. The summed E-state index contributed by atoms with van der Waals surface area (Å²) in [6, 6.07) is 14.3. The van der Waals surface area contributed by atoms with E-state index in [0.717, 1.165) is 62.5 Å². The average Bonchev–Trinajstić information content (AvgIpc) is 3.20. The fourth-order valence-electron chi connectivity index (χ4n) is 7.07. The number of amides is 5. The Bertz CT molecular complexity index is 2060. The second kappa shape index (κ2) is 17.6. The van der Waals surface area contributed by atoms with Crippen molar-refractivity contribution in [3.8, 4) is 0 Å². The van der Waals surface area contributed by atoms with Gasteiger partial charge in [0.15, 0.2) is 0 Å². The number of urea groups is 2. The number of ether oxygens (including phenoxy) is 1. The lowest BCUT2D eigenvalue weighted by Crippen LogP contribution is -2.39. The first-order valence-electron chi connectivity index (χ1n) is 18.6. The van der Waals surface area contributed by atoms with E-state index >= 15 is 0 Å². The maximum atomic E-state index is 12.6. The quantitative estimate of drug-likeness (QED) is 0.111. The molecule has 56 heavy (non-hydrogen) atoms. The molecule has 4 heterocycles. The summed E-state index contributed by atoms with van der Waals surface area (Å²) in [6.07, 6.45) is 9.35. The number of carbonyl (C=O) groups excluding carboxylic acids is 3. The molecule has 2 aliphatic heterocycles. The highest BCUT2D eigenvalue weighted by atomic mass is 35.5. The van der Waals surface area contributed by atoms with E-state index in [4.69, 9.17) is 27.9 Å². The number of hydrogen-bond acceptors (Lipinski definition) is 11. The summed E-state index contributed by atoms with van der Waals surface area (Å²) in [4.78, 5) is 57.3. The molecule has 5 amide bonds. The van der Waals surface area contributed by atoms with E-state index in [1.807, 2.05) is 24.3 Å². The van der Waals surface area contributed by atoms with Gasteiger partial charge in [0.2, 0.25) is 11.9 Å². The van der Waals surface area contributed by atoms with Gasteiger partial charge in [-0.3, -0.25) is 20.4 Å². The van der Waals surface area contributed by atoms with Gasteiger partial charge in [-0.1, -0.05) is 47.5 Å². The van der Waals surface area contributed by atoms with Gasteiger partial charge in [-0.2, -0.15) is 9.97 Å². The zero-order valence-electron chi connectivity index (χ0n) is 30.7. The number of halogens is 2. The fourth-order valence-corrected chi connectivity index (χ4v) is 7.55. The first kappa shape index (κ1) is 38.8. The number of benzene rings is 2. The molecule has 16 nitrogen and oxygen atoms in total. The SMILES string of the molecule is CNC(=O)OC1CCC(Nc2ncc3c(n2)NC(=O)N(c2ccccc2Cl)C3)CC1.O=C1Nc2nc(NC3CCC(O)CC3)ncc2CN1c1ccccc1Cl. The number of para-hydroxylation sites is 2. The number of hydrogen-bond donors (Lipinski definition) is 6. The Hall–Kier alpha value is -5.45. The molecular weight excluding hydrogens is 761 g/mol. The minimum absolute atomic E-state index is 0.0671. The van der Waals surface area contributed by atoms with Gasteiger partial charge in [-0.05, 0) is 75.6 Å². The van der Waals surface area contributed by atoms with Gasteiger partial charge < -0.3 is 25.8 Å². The number of anilines is 6. The van der Waals surface area contributed by atoms with Crippen LogP contribution in [0.4, 0.5) is 49.3 Å². The van der Waals surface area contributed by atoms with Crippen molar-refractivity contribution >= 4 is 76.3 Å². The summed E-state index contributed by atoms with van der Waals surface area (Å²) in [6.45, 7) is 0.702. The Morgan fingerprint density at radius 3 is 1.62 bits per heavy atom. The number of carbonyl (C=O) groups is 3. The molecule has 4 aliphatic rings. The second-order valence-corrected chi connectivity index (χ2v) is 14.8. The summed E-state index contributed by atoms with van der Waals surface area (Å²) in [7, 11) is 1.55. The number of nitrogens with zero attached hydrogens (tertiary/aromatic N) is 6. The van der Waals surface area contributed by atoms with Gasteiger partial charge in [0, 0.05) is 42.7 Å². The molecule has 2 aliphatic carbocycles. The second-order valence-electron chi connectivity index (χ2n) is 14.0. The minimum atomic E-state index is -0.397. The lowest BCUT2D eigenvalue weighted by atomic mass is 9.93. The van der Waals surface area contributed by atoms with Gasteiger partial charge in [-0.15, -0.1) is 0 Å². The van der Waals surface area contributed by atoms with Crippen LogP contribution in [0.25, 0.3) is 0 Å². The molecule has 8 rings (SSSR count). The Morgan fingerprint density at radius 1 is 0.732 bits per heavy atom. The zero-order chi connectivity index (χ0) is 39.2. The molecule has 294 valence electrons. The zero-order valence-corrected chi connectivity index (χ0v) is 32.2. The summed E-state index contributed by atoms with van der Waals surface area (Å²) < 4.78 is 5.31. The molecule has 0 unspecified atom stereocenters. The highest BCUT2D eigenvalue weighted by Crippen LogP contribution is 2.33. The van der Waals surface area contributed by atoms with Crippen molar-refractivity contribution in [1.82, 2.24) is 25.3 Å². The first-order chi connectivity index (χ1) is 27.1. The van der Waals surface area contributed by atoms with Gasteiger partial charge >= 0.3 is 18.2 Å². The van der Waals surface area contributed by atoms with E-state index in [1.165, 1.54) is 0 Å². The molecule has 2 saturated carbocycles. The Labute approximate surface area is 333 Å². The van der Waals surface area contributed by atoms with E-state index in [-0.39, 0.29) is 36.4 Å². The van der Waals surface area contributed by atoms with Crippen molar-refractivity contribution in [3.63, 3.8) is 0 Å². The molecule has 4 aromatic rings. The van der Waals surface area contributed by atoms with Crippen LogP contribution in [0.15, 0.2) is 60.9 Å². The van der Waals surface area contributed by atoms with E-state index < -0.39 is 6.09 Å². The molecule has 2 aromatic carbocycles. The standard InChI is InChI=1S/C20H23ClN6O3.C18H20ClN5O2/c1-22-20(29)30-14-8-6-13(7-9-14)24-18-23-10-12-11-27(19(28)26-17(12)25-18)16-5-3-2-4-15(16)21;19-14-3-1-2-4-15(14)24-10-11-9-20-17(22-16(11)23-18(24)26)21-12-5-7-13(25)8-6-12/h2-5,10,13-14H,6-9,11H2,1H3,(H,22,29)(H2,23,24,25,26,28);1-4,9,12-13,25H,5-8,10H2,(H2,20,21,22,23,26). The largest absolute Gasteiger partial charge is 0.446 e. The number of aromatic nitrogens is 4. The van der Waals surface area contributed by atoms with Crippen molar-refractivity contribution in [3.05, 3.63) is 82.1 Å². The maximum Gasteiger partial charge on any atom is 0.407 e. The highest BCUT2D eigenvalue weighted by molar-refractivity contribution is 6.34. The Kier molecular flexibility index (Phi) is 12.2.